The molecule has 7 nitrogen and oxygen atoms in total. The van der Waals surface area contributed by atoms with E-state index in [1.165, 1.54) is 0 Å². The molecule has 2 aliphatic heterocycles. The molecule has 2 rings (SSSR count). The summed E-state index contributed by atoms with van der Waals surface area (Å²) in [6, 6.07) is -1.06. The van der Waals surface area contributed by atoms with Gasteiger partial charge in [0.15, 0.2) is 0 Å². The van der Waals surface area contributed by atoms with Crippen LogP contribution in [-0.4, -0.2) is 54.6 Å². The number of imide groups is 1. The van der Waals surface area contributed by atoms with Gasteiger partial charge in [0.25, 0.3) is 5.91 Å². The molecule has 0 saturated carbocycles. The summed E-state index contributed by atoms with van der Waals surface area (Å²) in [6.07, 6.45) is 2.60. The van der Waals surface area contributed by atoms with Crippen LogP contribution in [0.15, 0.2) is 0 Å². The summed E-state index contributed by atoms with van der Waals surface area (Å²) in [4.78, 5) is 36.2. The third kappa shape index (κ3) is 3.69. The Morgan fingerprint density at radius 3 is 2.60 bits per heavy atom. The van der Waals surface area contributed by atoms with Crippen LogP contribution in [0.2, 0.25) is 0 Å². The van der Waals surface area contributed by atoms with Crippen LogP contribution >= 0.6 is 0 Å². The fourth-order valence-electron chi connectivity index (χ4n) is 2.60. The number of carbonyl (C=O) groups is 3. The summed E-state index contributed by atoms with van der Waals surface area (Å²) < 4.78 is 5.54. The first-order chi connectivity index (χ1) is 9.60. The Morgan fingerprint density at radius 1 is 1.35 bits per heavy atom. The standard InChI is InChI=1S/C13H21N3O4/c1-2-20-9-5-7-16(8-6-9)11(17)4-3-10-12(18)15-13(19)14-10/h9-10H,2-8H2,1H3,(H2,14,15,18,19)/t10-/m0/s1. The molecule has 0 aromatic rings. The zero-order valence-electron chi connectivity index (χ0n) is 11.7. The molecule has 2 saturated heterocycles. The molecular formula is C13H21N3O4. The van der Waals surface area contributed by atoms with Crippen molar-refractivity contribution in [3.05, 3.63) is 0 Å². The predicted molar refractivity (Wildman–Crippen MR) is 70.9 cm³/mol. The maximum absolute atomic E-state index is 12.0. The lowest BCUT2D eigenvalue weighted by Gasteiger charge is -2.32. The topological polar surface area (TPSA) is 87.7 Å². The molecule has 2 N–H and O–H groups in total. The van der Waals surface area contributed by atoms with Crippen molar-refractivity contribution < 1.29 is 19.1 Å². The van der Waals surface area contributed by atoms with E-state index in [1.807, 2.05) is 11.8 Å². The maximum Gasteiger partial charge on any atom is 0.322 e. The number of nitrogens with one attached hydrogen (secondary N) is 2. The highest BCUT2D eigenvalue weighted by molar-refractivity contribution is 6.04. The van der Waals surface area contributed by atoms with E-state index in [1.54, 1.807) is 0 Å². The molecule has 112 valence electrons. The van der Waals surface area contributed by atoms with Gasteiger partial charge in [-0.05, 0) is 26.2 Å². The van der Waals surface area contributed by atoms with Crippen LogP contribution < -0.4 is 10.6 Å². The number of hydrogen-bond acceptors (Lipinski definition) is 4. The minimum atomic E-state index is -0.576. The summed E-state index contributed by atoms with van der Waals surface area (Å²) in [7, 11) is 0. The molecule has 0 aromatic heterocycles. The van der Waals surface area contributed by atoms with Gasteiger partial charge < -0.3 is 15.0 Å². The number of rotatable bonds is 5. The summed E-state index contributed by atoms with van der Waals surface area (Å²) in [5, 5.41) is 4.65. The van der Waals surface area contributed by atoms with Crippen molar-refractivity contribution >= 4 is 17.8 Å². The Bertz CT molecular complexity index is 391. The first-order valence-electron chi connectivity index (χ1n) is 7.11. The molecule has 0 aliphatic carbocycles. The van der Waals surface area contributed by atoms with E-state index < -0.39 is 12.1 Å². The van der Waals surface area contributed by atoms with Gasteiger partial charge >= 0.3 is 6.03 Å². The van der Waals surface area contributed by atoms with E-state index in [0.717, 1.165) is 12.8 Å². The fourth-order valence-corrected chi connectivity index (χ4v) is 2.60. The SMILES string of the molecule is CCOC1CCN(C(=O)CC[C@@H]2NC(=O)NC2=O)CC1. The lowest BCUT2D eigenvalue weighted by atomic mass is 10.1. The number of carbonyl (C=O) groups excluding carboxylic acids is 3. The van der Waals surface area contributed by atoms with Crippen molar-refractivity contribution in [2.24, 2.45) is 0 Å². The van der Waals surface area contributed by atoms with Gasteiger partial charge in [-0.15, -0.1) is 0 Å². The van der Waals surface area contributed by atoms with Crippen molar-refractivity contribution in [2.75, 3.05) is 19.7 Å². The molecule has 20 heavy (non-hydrogen) atoms. The molecule has 0 bridgehead atoms. The highest BCUT2D eigenvalue weighted by Crippen LogP contribution is 2.15. The molecule has 4 amide bonds. The Labute approximate surface area is 118 Å². The van der Waals surface area contributed by atoms with Crippen LogP contribution in [0.3, 0.4) is 0 Å². The van der Waals surface area contributed by atoms with Gasteiger partial charge in [0.2, 0.25) is 5.91 Å². The van der Waals surface area contributed by atoms with Crippen molar-refractivity contribution in [3.63, 3.8) is 0 Å². The lowest BCUT2D eigenvalue weighted by Crippen LogP contribution is -2.41. The van der Waals surface area contributed by atoms with E-state index in [0.29, 0.717) is 26.1 Å². The highest BCUT2D eigenvalue weighted by atomic mass is 16.5. The van der Waals surface area contributed by atoms with Crippen LogP contribution in [0.1, 0.15) is 32.6 Å². The van der Waals surface area contributed by atoms with E-state index in [4.69, 9.17) is 4.74 Å². The zero-order valence-corrected chi connectivity index (χ0v) is 11.7. The Morgan fingerprint density at radius 2 is 2.05 bits per heavy atom. The molecule has 2 heterocycles. The largest absolute Gasteiger partial charge is 0.378 e. The van der Waals surface area contributed by atoms with Gasteiger partial charge in [0, 0.05) is 26.1 Å². The van der Waals surface area contributed by atoms with Crippen LogP contribution in [0, 0.1) is 0 Å². The van der Waals surface area contributed by atoms with Gasteiger partial charge in [-0.3, -0.25) is 14.9 Å². The minimum absolute atomic E-state index is 0.0360. The highest BCUT2D eigenvalue weighted by Gasteiger charge is 2.30. The Balaban J connectivity index is 1.70. The minimum Gasteiger partial charge on any atom is -0.378 e. The Hall–Kier alpha value is -1.63. The average Bonchev–Trinajstić information content (AvgIpc) is 2.75. The van der Waals surface area contributed by atoms with Crippen LogP contribution in [0.25, 0.3) is 0 Å². The van der Waals surface area contributed by atoms with Crippen molar-refractivity contribution in [1.29, 1.82) is 0 Å². The molecular weight excluding hydrogens is 262 g/mol. The second-order valence-electron chi connectivity index (χ2n) is 5.09. The maximum atomic E-state index is 12.0. The molecule has 0 unspecified atom stereocenters. The second-order valence-corrected chi connectivity index (χ2v) is 5.09. The lowest BCUT2D eigenvalue weighted by molar-refractivity contribution is -0.134. The number of urea groups is 1. The number of piperidine rings is 1. The van der Waals surface area contributed by atoms with Gasteiger partial charge in [0.1, 0.15) is 6.04 Å². The molecule has 0 radical (unpaired) electrons. The third-order valence-electron chi connectivity index (χ3n) is 3.70. The van der Waals surface area contributed by atoms with E-state index in [-0.39, 0.29) is 24.3 Å². The predicted octanol–water partition coefficient (Wildman–Crippen LogP) is 0.00210. The molecule has 2 fully saturated rings. The quantitative estimate of drug-likeness (QED) is 0.695. The summed E-state index contributed by atoms with van der Waals surface area (Å²) in [6.45, 7) is 4.08. The second kappa shape index (κ2) is 6.69. The number of ether oxygens (including phenoxy) is 1. The van der Waals surface area contributed by atoms with Gasteiger partial charge in [-0.1, -0.05) is 0 Å². The number of likely N-dealkylation sites (tertiary alicyclic amines) is 1. The zero-order chi connectivity index (χ0) is 14.5. The first kappa shape index (κ1) is 14.8. The summed E-state index contributed by atoms with van der Waals surface area (Å²) in [5.74, 6) is -0.313. The molecule has 0 aromatic carbocycles. The van der Waals surface area contributed by atoms with Crippen molar-refractivity contribution in [1.82, 2.24) is 15.5 Å². The van der Waals surface area contributed by atoms with Crippen LogP contribution in [-0.2, 0) is 14.3 Å². The van der Waals surface area contributed by atoms with Crippen LogP contribution in [0.5, 0.6) is 0 Å². The molecule has 7 heteroatoms. The van der Waals surface area contributed by atoms with E-state index in [2.05, 4.69) is 10.6 Å². The van der Waals surface area contributed by atoms with Crippen LogP contribution in [0.4, 0.5) is 4.79 Å². The number of amides is 4. The average molecular weight is 283 g/mol. The first-order valence-corrected chi connectivity index (χ1v) is 7.11. The third-order valence-corrected chi connectivity index (χ3v) is 3.70. The van der Waals surface area contributed by atoms with Gasteiger partial charge in [0.05, 0.1) is 6.10 Å². The molecule has 1 atom stereocenters. The number of hydrogen-bond donors (Lipinski definition) is 2. The van der Waals surface area contributed by atoms with E-state index >= 15 is 0 Å². The summed E-state index contributed by atoms with van der Waals surface area (Å²) >= 11 is 0. The molecule has 0 spiro atoms. The van der Waals surface area contributed by atoms with Gasteiger partial charge in [-0.2, -0.15) is 0 Å². The molecule has 2 aliphatic rings. The van der Waals surface area contributed by atoms with Crippen molar-refractivity contribution in [3.8, 4) is 0 Å². The summed E-state index contributed by atoms with van der Waals surface area (Å²) in [5.41, 5.74) is 0. The smallest absolute Gasteiger partial charge is 0.322 e. The van der Waals surface area contributed by atoms with Gasteiger partial charge in [-0.25, -0.2) is 4.79 Å². The number of nitrogens with zero attached hydrogens (tertiary/aromatic N) is 1. The van der Waals surface area contributed by atoms with E-state index in [9.17, 15) is 14.4 Å². The monoisotopic (exact) mass is 283 g/mol. The Kier molecular flexibility index (Phi) is 4.94. The van der Waals surface area contributed by atoms with Crippen molar-refractivity contribution in [2.45, 2.75) is 44.8 Å². The fraction of sp³-hybridized carbons (Fsp3) is 0.769. The normalized spacial score (nSPS) is 23.6.